The Balaban J connectivity index is 1.28. The van der Waals surface area contributed by atoms with Gasteiger partial charge in [-0.05, 0) is 138 Å². The zero-order valence-electron chi connectivity index (χ0n) is 36.7. The molecular formula is C58H47BN2O. The van der Waals surface area contributed by atoms with Gasteiger partial charge < -0.3 is 13.8 Å². The molecule has 0 bridgehead atoms. The van der Waals surface area contributed by atoms with Crippen molar-refractivity contribution in [3.8, 4) is 11.1 Å². The van der Waals surface area contributed by atoms with Crippen LogP contribution in [-0.2, 0) is 10.8 Å². The average molecular weight is 799 g/mol. The minimum Gasteiger partial charge on any atom is -0.455 e. The molecule has 0 aliphatic carbocycles. The van der Waals surface area contributed by atoms with Crippen molar-refractivity contribution in [1.82, 2.24) is 4.48 Å². The highest BCUT2D eigenvalue weighted by atomic mass is 16.3. The number of aryl methyl sites for hydroxylation is 2. The summed E-state index contributed by atoms with van der Waals surface area (Å²) >= 11 is 0. The van der Waals surface area contributed by atoms with Crippen molar-refractivity contribution in [2.75, 3.05) is 4.90 Å². The molecule has 0 radical (unpaired) electrons. The molecule has 3 nitrogen and oxygen atoms in total. The van der Waals surface area contributed by atoms with E-state index in [2.05, 4.69) is 204 Å². The number of hydrogen-bond acceptors (Lipinski definition) is 2. The molecule has 0 atom stereocenters. The standard InChI is InChI=1S/C58H47BN2O/c1-32-38-18-11-12-19-39(38)33(2)44-31-49-47(30-43(32)44)59-54-50(60(49)37-27-35(57(3,4)5)26-36(28-37)58(6,7)8)25-34-17-9-10-20-40(34)52(54)46-29-45-41-21-14-16-24-51(41)62-56(45)53-42-22-13-15-23-48(42)61(59)55(46)53/h9-31H,1-8H3. The van der Waals surface area contributed by atoms with Crippen LogP contribution in [0.15, 0.2) is 144 Å². The van der Waals surface area contributed by atoms with Gasteiger partial charge in [0, 0.05) is 49.8 Å². The van der Waals surface area contributed by atoms with Crippen LogP contribution in [0.1, 0.15) is 63.8 Å². The van der Waals surface area contributed by atoms with E-state index in [4.69, 9.17) is 4.42 Å². The van der Waals surface area contributed by atoms with E-state index < -0.39 is 0 Å². The summed E-state index contributed by atoms with van der Waals surface area (Å²) in [6.45, 7) is 18.6. The monoisotopic (exact) mass is 798 g/mol. The lowest BCUT2D eigenvalue weighted by atomic mass is 9.44. The first-order chi connectivity index (χ1) is 29.9. The molecule has 0 saturated carbocycles. The number of nitrogens with zero attached hydrogens (tertiary/aromatic N) is 2. The van der Waals surface area contributed by atoms with Crippen LogP contribution in [0.5, 0.6) is 0 Å². The molecule has 0 fully saturated rings. The summed E-state index contributed by atoms with van der Waals surface area (Å²) in [5.74, 6) is 0. The predicted molar refractivity (Wildman–Crippen MR) is 267 cm³/mol. The van der Waals surface area contributed by atoms with E-state index in [0.29, 0.717) is 0 Å². The van der Waals surface area contributed by atoms with Crippen LogP contribution < -0.4 is 15.8 Å². The molecule has 298 valence electrons. The molecule has 0 amide bonds. The predicted octanol–water partition coefficient (Wildman–Crippen LogP) is 14.8. The van der Waals surface area contributed by atoms with Crippen LogP contribution >= 0.6 is 0 Å². The first kappa shape index (κ1) is 35.9. The highest BCUT2D eigenvalue weighted by molar-refractivity contribution is 6.90. The van der Waals surface area contributed by atoms with Crippen LogP contribution in [0.25, 0.3) is 87.2 Å². The molecule has 13 rings (SSSR count). The van der Waals surface area contributed by atoms with Gasteiger partial charge >= 0.3 is 6.85 Å². The van der Waals surface area contributed by atoms with E-state index in [9.17, 15) is 0 Å². The van der Waals surface area contributed by atoms with Gasteiger partial charge in [-0.25, -0.2) is 0 Å². The van der Waals surface area contributed by atoms with E-state index in [0.717, 1.165) is 21.9 Å². The minimum absolute atomic E-state index is 0.0523. The van der Waals surface area contributed by atoms with Crippen molar-refractivity contribution in [2.45, 2.75) is 66.2 Å². The quantitative estimate of drug-likeness (QED) is 0.122. The molecule has 62 heavy (non-hydrogen) atoms. The van der Waals surface area contributed by atoms with Crippen molar-refractivity contribution in [1.29, 1.82) is 0 Å². The topological polar surface area (TPSA) is 21.3 Å². The van der Waals surface area contributed by atoms with Crippen LogP contribution in [0.2, 0.25) is 0 Å². The maximum Gasteiger partial charge on any atom is 0.333 e. The molecule has 4 heteroatoms. The maximum absolute atomic E-state index is 6.92. The number of anilines is 3. The van der Waals surface area contributed by atoms with Crippen molar-refractivity contribution < 1.29 is 4.42 Å². The minimum atomic E-state index is -0.101. The van der Waals surface area contributed by atoms with Gasteiger partial charge in [0.25, 0.3) is 0 Å². The molecule has 4 heterocycles. The van der Waals surface area contributed by atoms with E-state index in [1.54, 1.807) is 0 Å². The average Bonchev–Trinajstić information content (AvgIpc) is 3.81. The third-order valence-corrected chi connectivity index (χ3v) is 14.6. The molecular weight excluding hydrogens is 751 g/mol. The number of para-hydroxylation sites is 2. The fourth-order valence-electron chi connectivity index (χ4n) is 11.4. The maximum atomic E-state index is 6.92. The third kappa shape index (κ3) is 4.62. The van der Waals surface area contributed by atoms with Gasteiger partial charge in [0.15, 0.2) is 0 Å². The second kappa shape index (κ2) is 12.0. The Morgan fingerprint density at radius 2 is 1.11 bits per heavy atom. The van der Waals surface area contributed by atoms with Crippen molar-refractivity contribution in [3.05, 3.63) is 162 Å². The van der Waals surface area contributed by atoms with E-state index in [1.807, 2.05) is 0 Å². The fourth-order valence-corrected chi connectivity index (χ4v) is 11.4. The summed E-state index contributed by atoms with van der Waals surface area (Å²) in [5.41, 5.74) is 18.5. The number of rotatable bonds is 1. The van der Waals surface area contributed by atoms with Gasteiger partial charge in [0.2, 0.25) is 0 Å². The molecule has 0 N–H and O–H groups in total. The number of furan rings is 1. The lowest BCUT2D eigenvalue weighted by Crippen LogP contribution is -2.56. The fraction of sp³-hybridized carbons (Fsp3) is 0.172. The number of hydrogen-bond donors (Lipinski definition) is 0. The summed E-state index contributed by atoms with van der Waals surface area (Å²) in [7, 11) is 0. The van der Waals surface area contributed by atoms with Crippen LogP contribution in [0.4, 0.5) is 17.1 Å². The van der Waals surface area contributed by atoms with E-state index >= 15 is 0 Å². The second-order valence-corrected chi connectivity index (χ2v) is 20.2. The molecule has 2 aliphatic heterocycles. The molecule has 0 saturated heterocycles. The summed E-state index contributed by atoms with van der Waals surface area (Å²) in [5, 5.41) is 12.5. The second-order valence-electron chi connectivity index (χ2n) is 20.2. The van der Waals surface area contributed by atoms with Crippen molar-refractivity contribution in [2.24, 2.45) is 0 Å². The van der Waals surface area contributed by atoms with Crippen molar-refractivity contribution >= 4 is 111 Å². The van der Waals surface area contributed by atoms with Gasteiger partial charge in [0.05, 0.1) is 5.39 Å². The number of aromatic nitrogens is 1. The molecule has 9 aromatic carbocycles. The Morgan fingerprint density at radius 3 is 1.81 bits per heavy atom. The molecule has 2 aromatic heterocycles. The Labute approximate surface area is 362 Å². The van der Waals surface area contributed by atoms with Gasteiger partial charge in [-0.3, -0.25) is 0 Å². The van der Waals surface area contributed by atoms with Crippen LogP contribution in [0, 0.1) is 13.8 Å². The molecule has 2 aliphatic rings. The van der Waals surface area contributed by atoms with E-state index in [-0.39, 0.29) is 17.7 Å². The first-order valence-electron chi connectivity index (χ1n) is 22.2. The summed E-state index contributed by atoms with van der Waals surface area (Å²) in [6, 6.07) is 53.1. The Hall–Kier alpha value is -6.78. The summed E-state index contributed by atoms with van der Waals surface area (Å²) in [4.78, 5) is 2.64. The number of benzene rings is 9. The van der Waals surface area contributed by atoms with Gasteiger partial charge in [-0.2, -0.15) is 0 Å². The van der Waals surface area contributed by atoms with E-state index in [1.165, 1.54) is 115 Å². The SMILES string of the molecule is Cc1c2ccccc2c(C)c2cc3c(cc12)B1c2c(cc4ccccc4c2-c2cc4c5ccccc5oc4c4c5ccccc5n1c24)N3c1cc(C(C)(C)C)cc(C(C)(C)C)c1. The summed E-state index contributed by atoms with van der Waals surface area (Å²) < 4.78 is 9.61. The molecule has 0 unspecified atom stereocenters. The summed E-state index contributed by atoms with van der Waals surface area (Å²) in [6.07, 6.45) is 0. The van der Waals surface area contributed by atoms with Crippen LogP contribution in [0.3, 0.4) is 0 Å². The lowest BCUT2D eigenvalue weighted by molar-refractivity contribution is 0.569. The van der Waals surface area contributed by atoms with Crippen LogP contribution in [-0.4, -0.2) is 11.3 Å². The Kier molecular flexibility index (Phi) is 6.94. The first-order valence-corrected chi connectivity index (χ1v) is 22.2. The highest BCUT2D eigenvalue weighted by Crippen LogP contribution is 2.52. The lowest BCUT2D eigenvalue weighted by Gasteiger charge is -2.42. The zero-order chi connectivity index (χ0) is 42.1. The van der Waals surface area contributed by atoms with Gasteiger partial charge in [0.1, 0.15) is 11.2 Å². The Morgan fingerprint density at radius 1 is 0.516 bits per heavy atom. The number of fused-ring (bicyclic) bond motifs is 15. The third-order valence-electron chi connectivity index (χ3n) is 14.6. The zero-order valence-corrected chi connectivity index (χ0v) is 36.7. The molecule has 11 aromatic rings. The Bertz CT molecular complexity index is 3780. The largest absolute Gasteiger partial charge is 0.455 e. The molecule has 0 spiro atoms. The van der Waals surface area contributed by atoms with Gasteiger partial charge in [-0.15, -0.1) is 0 Å². The van der Waals surface area contributed by atoms with Gasteiger partial charge in [-0.1, -0.05) is 139 Å². The normalized spacial score (nSPS) is 13.7. The highest BCUT2D eigenvalue weighted by Gasteiger charge is 2.45. The van der Waals surface area contributed by atoms with Crippen molar-refractivity contribution in [3.63, 3.8) is 0 Å². The smallest absolute Gasteiger partial charge is 0.333 e.